The average Bonchev–Trinajstić information content (AvgIpc) is 3.02. The number of nitrogens with one attached hydrogen (secondary N) is 2. The topological polar surface area (TPSA) is 97.0 Å². The number of aryl methyl sites for hydroxylation is 1. The van der Waals surface area contributed by atoms with Crippen LogP contribution in [-0.4, -0.2) is 33.7 Å². The maximum absolute atomic E-state index is 11.8. The maximum atomic E-state index is 11.8. The van der Waals surface area contributed by atoms with Gasteiger partial charge in [0.05, 0.1) is 17.8 Å². The summed E-state index contributed by atoms with van der Waals surface area (Å²) in [5.41, 5.74) is 3.21. The lowest BCUT2D eigenvalue weighted by atomic mass is 10.1. The summed E-state index contributed by atoms with van der Waals surface area (Å²) in [7, 11) is 0. The Morgan fingerprint density at radius 3 is 2.84 bits per heavy atom. The SMILES string of the molecule is CCOC(=O)CC(=O)Nc1cc(-c2nc3ccccc3cc2C)n[nH]1. The van der Waals surface area contributed by atoms with Crippen LogP contribution in [-0.2, 0) is 14.3 Å². The van der Waals surface area contributed by atoms with E-state index >= 15 is 0 Å². The van der Waals surface area contributed by atoms with Crippen LogP contribution in [0, 0.1) is 6.92 Å². The number of nitrogens with zero attached hydrogens (tertiary/aromatic N) is 2. The molecule has 7 heteroatoms. The monoisotopic (exact) mass is 338 g/mol. The molecule has 1 aromatic carbocycles. The molecule has 25 heavy (non-hydrogen) atoms. The van der Waals surface area contributed by atoms with E-state index in [0.717, 1.165) is 22.2 Å². The molecule has 0 unspecified atom stereocenters. The number of hydrogen-bond acceptors (Lipinski definition) is 5. The molecule has 0 aliphatic rings. The van der Waals surface area contributed by atoms with Gasteiger partial charge in [-0.1, -0.05) is 18.2 Å². The van der Waals surface area contributed by atoms with Gasteiger partial charge in [-0.05, 0) is 31.5 Å². The summed E-state index contributed by atoms with van der Waals surface area (Å²) in [6.07, 6.45) is -0.338. The van der Waals surface area contributed by atoms with E-state index in [1.165, 1.54) is 0 Å². The standard InChI is InChI=1S/C18H18N4O3/c1-3-25-17(24)10-16(23)20-15-9-14(21-22-15)18-11(2)8-12-6-4-5-7-13(12)19-18/h4-9H,3,10H2,1-2H3,(H2,20,21,22,23). The highest BCUT2D eigenvalue weighted by Gasteiger charge is 2.14. The van der Waals surface area contributed by atoms with Crippen molar-refractivity contribution in [2.24, 2.45) is 0 Å². The molecule has 0 saturated carbocycles. The Morgan fingerprint density at radius 1 is 1.24 bits per heavy atom. The number of rotatable bonds is 5. The van der Waals surface area contributed by atoms with Crippen molar-refractivity contribution in [3.63, 3.8) is 0 Å². The van der Waals surface area contributed by atoms with Crippen molar-refractivity contribution in [3.05, 3.63) is 42.0 Å². The number of amides is 1. The van der Waals surface area contributed by atoms with Gasteiger partial charge in [-0.2, -0.15) is 5.10 Å². The minimum Gasteiger partial charge on any atom is -0.466 e. The number of fused-ring (bicyclic) bond motifs is 1. The summed E-state index contributed by atoms with van der Waals surface area (Å²) in [5.74, 6) is -0.623. The molecule has 0 radical (unpaired) electrons. The van der Waals surface area contributed by atoms with Crippen LogP contribution >= 0.6 is 0 Å². The van der Waals surface area contributed by atoms with E-state index in [1.807, 2.05) is 37.3 Å². The van der Waals surface area contributed by atoms with Gasteiger partial charge in [0.1, 0.15) is 17.9 Å². The van der Waals surface area contributed by atoms with E-state index in [2.05, 4.69) is 20.5 Å². The highest BCUT2D eigenvalue weighted by atomic mass is 16.5. The van der Waals surface area contributed by atoms with Gasteiger partial charge in [0, 0.05) is 11.5 Å². The molecule has 0 aliphatic carbocycles. The van der Waals surface area contributed by atoms with Crippen LogP contribution in [0.1, 0.15) is 18.9 Å². The van der Waals surface area contributed by atoms with Gasteiger partial charge in [-0.25, -0.2) is 4.98 Å². The number of pyridine rings is 1. The molecule has 2 N–H and O–H groups in total. The molecule has 0 fully saturated rings. The van der Waals surface area contributed by atoms with Crippen molar-refractivity contribution in [2.75, 3.05) is 11.9 Å². The Labute approximate surface area is 144 Å². The molecule has 2 aromatic heterocycles. The first-order chi connectivity index (χ1) is 12.1. The number of carbonyl (C=O) groups is 2. The number of hydrogen-bond donors (Lipinski definition) is 2. The fourth-order valence-corrected chi connectivity index (χ4v) is 2.53. The third kappa shape index (κ3) is 3.82. The fraction of sp³-hybridized carbons (Fsp3) is 0.222. The first-order valence-electron chi connectivity index (χ1n) is 7.94. The Kier molecular flexibility index (Phi) is 4.74. The minimum atomic E-state index is -0.563. The number of carbonyl (C=O) groups excluding carboxylic acids is 2. The third-order valence-electron chi connectivity index (χ3n) is 3.62. The van der Waals surface area contributed by atoms with Crippen molar-refractivity contribution in [1.82, 2.24) is 15.2 Å². The van der Waals surface area contributed by atoms with E-state index in [0.29, 0.717) is 11.5 Å². The van der Waals surface area contributed by atoms with Crippen LogP contribution in [0.5, 0.6) is 0 Å². The van der Waals surface area contributed by atoms with Gasteiger partial charge in [-0.3, -0.25) is 14.7 Å². The normalized spacial score (nSPS) is 10.6. The average molecular weight is 338 g/mol. The molecule has 0 spiro atoms. The predicted octanol–water partition coefficient (Wildman–Crippen LogP) is 2.83. The molecular weight excluding hydrogens is 320 g/mol. The lowest BCUT2D eigenvalue weighted by molar-refractivity contribution is -0.145. The first kappa shape index (κ1) is 16.6. The van der Waals surface area contributed by atoms with Crippen molar-refractivity contribution < 1.29 is 14.3 Å². The Hall–Kier alpha value is -3.22. The lowest BCUT2D eigenvalue weighted by Crippen LogP contribution is -2.18. The molecule has 128 valence electrons. The van der Waals surface area contributed by atoms with Crippen LogP contribution in [0.4, 0.5) is 5.82 Å². The highest BCUT2D eigenvalue weighted by Crippen LogP contribution is 2.25. The molecular formula is C18H18N4O3. The summed E-state index contributed by atoms with van der Waals surface area (Å²) >= 11 is 0. The Bertz CT molecular complexity index is 933. The Balaban J connectivity index is 1.78. The van der Waals surface area contributed by atoms with Crippen LogP contribution in [0.2, 0.25) is 0 Å². The number of H-pyrrole nitrogens is 1. The molecule has 1 amide bonds. The Morgan fingerprint density at radius 2 is 2.04 bits per heavy atom. The molecule has 0 bridgehead atoms. The van der Waals surface area contributed by atoms with Gasteiger partial charge < -0.3 is 10.1 Å². The molecule has 7 nitrogen and oxygen atoms in total. The summed E-state index contributed by atoms with van der Waals surface area (Å²) < 4.78 is 4.75. The van der Waals surface area contributed by atoms with Gasteiger partial charge in [-0.15, -0.1) is 0 Å². The minimum absolute atomic E-state index is 0.243. The predicted molar refractivity (Wildman–Crippen MR) is 93.9 cm³/mol. The molecule has 3 rings (SSSR count). The number of ether oxygens (including phenoxy) is 1. The number of esters is 1. The summed E-state index contributed by atoms with van der Waals surface area (Å²) in [4.78, 5) is 27.8. The van der Waals surface area contributed by atoms with Gasteiger partial charge >= 0.3 is 5.97 Å². The van der Waals surface area contributed by atoms with E-state index in [9.17, 15) is 9.59 Å². The second-order valence-electron chi connectivity index (χ2n) is 5.54. The largest absolute Gasteiger partial charge is 0.466 e. The van der Waals surface area contributed by atoms with Crippen LogP contribution in [0.25, 0.3) is 22.3 Å². The third-order valence-corrected chi connectivity index (χ3v) is 3.62. The summed E-state index contributed by atoms with van der Waals surface area (Å²) in [6.45, 7) is 3.89. The van der Waals surface area contributed by atoms with Gasteiger partial charge in [0.25, 0.3) is 0 Å². The van der Waals surface area contributed by atoms with E-state index in [1.54, 1.807) is 13.0 Å². The van der Waals surface area contributed by atoms with E-state index in [4.69, 9.17) is 4.74 Å². The van der Waals surface area contributed by atoms with Crippen molar-refractivity contribution >= 4 is 28.6 Å². The number of anilines is 1. The zero-order valence-corrected chi connectivity index (χ0v) is 14.0. The zero-order chi connectivity index (χ0) is 17.8. The number of aromatic nitrogens is 3. The second-order valence-corrected chi connectivity index (χ2v) is 5.54. The number of aromatic amines is 1. The number of para-hydroxylation sites is 1. The van der Waals surface area contributed by atoms with Crippen LogP contribution < -0.4 is 5.32 Å². The molecule has 0 aliphatic heterocycles. The van der Waals surface area contributed by atoms with E-state index in [-0.39, 0.29) is 13.0 Å². The fourth-order valence-electron chi connectivity index (χ4n) is 2.53. The first-order valence-corrected chi connectivity index (χ1v) is 7.94. The van der Waals surface area contributed by atoms with Crippen LogP contribution in [0.3, 0.4) is 0 Å². The second kappa shape index (κ2) is 7.12. The molecule has 0 saturated heterocycles. The smallest absolute Gasteiger partial charge is 0.315 e. The van der Waals surface area contributed by atoms with E-state index < -0.39 is 11.9 Å². The lowest BCUT2D eigenvalue weighted by Gasteiger charge is -2.04. The quantitative estimate of drug-likeness (QED) is 0.551. The van der Waals surface area contributed by atoms with Crippen molar-refractivity contribution in [2.45, 2.75) is 20.3 Å². The molecule has 0 atom stereocenters. The summed E-state index contributed by atoms with van der Waals surface area (Å²) in [5, 5.41) is 10.6. The molecule has 2 heterocycles. The van der Waals surface area contributed by atoms with Gasteiger partial charge in [0.15, 0.2) is 0 Å². The van der Waals surface area contributed by atoms with Crippen LogP contribution in [0.15, 0.2) is 36.4 Å². The molecule has 3 aromatic rings. The zero-order valence-electron chi connectivity index (χ0n) is 14.0. The summed E-state index contributed by atoms with van der Waals surface area (Å²) in [6, 6.07) is 11.6. The van der Waals surface area contributed by atoms with Crippen molar-refractivity contribution in [3.8, 4) is 11.4 Å². The maximum Gasteiger partial charge on any atom is 0.315 e. The van der Waals surface area contributed by atoms with Gasteiger partial charge in [0.2, 0.25) is 5.91 Å². The van der Waals surface area contributed by atoms with Crippen molar-refractivity contribution in [1.29, 1.82) is 0 Å². The number of benzene rings is 1. The highest BCUT2D eigenvalue weighted by molar-refractivity contribution is 6.01.